The predicted molar refractivity (Wildman–Crippen MR) is 198 cm³/mol. The molecule has 3 aromatic carbocycles. The van der Waals surface area contributed by atoms with Crippen LogP contribution in [0.3, 0.4) is 0 Å². The van der Waals surface area contributed by atoms with E-state index in [0.717, 1.165) is 40.1 Å². The van der Waals surface area contributed by atoms with Gasteiger partial charge in [0.05, 0.1) is 5.69 Å². The van der Waals surface area contributed by atoms with Gasteiger partial charge in [-0.05, 0) is 90.1 Å². The lowest BCUT2D eigenvalue weighted by Gasteiger charge is -2.18. The van der Waals surface area contributed by atoms with E-state index >= 15 is 0 Å². The van der Waals surface area contributed by atoms with Crippen LogP contribution in [0.4, 0.5) is 10.1 Å². The van der Waals surface area contributed by atoms with Gasteiger partial charge in [-0.1, -0.05) is 152 Å². The van der Waals surface area contributed by atoms with Gasteiger partial charge in [0.25, 0.3) is 0 Å². The van der Waals surface area contributed by atoms with E-state index in [1.807, 2.05) is 79.7 Å². The van der Waals surface area contributed by atoms with Crippen LogP contribution in [0.25, 0.3) is 5.57 Å². The molecule has 0 unspecified atom stereocenters. The Hall–Kier alpha value is -3.00. The van der Waals surface area contributed by atoms with Gasteiger partial charge in [0.1, 0.15) is 5.67 Å². The lowest BCUT2D eigenvalue weighted by molar-refractivity contribution is 0.220. The number of aliphatic imine (C=N–C) groups is 1. The van der Waals surface area contributed by atoms with E-state index in [1.54, 1.807) is 13.8 Å². The maximum atomic E-state index is 13.6. The molecule has 0 bridgehead atoms. The number of hydrogen-bond acceptors (Lipinski definition) is 1. The van der Waals surface area contributed by atoms with E-state index in [-0.39, 0.29) is 0 Å². The summed E-state index contributed by atoms with van der Waals surface area (Å²) in [6, 6.07) is 22.4. The minimum absolute atomic E-state index is 0.813. The molecule has 1 nitrogen and oxygen atoms in total. The molecule has 0 aliphatic rings. The van der Waals surface area contributed by atoms with E-state index in [4.69, 9.17) is 0 Å². The van der Waals surface area contributed by atoms with E-state index in [9.17, 15) is 4.39 Å². The summed E-state index contributed by atoms with van der Waals surface area (Å²) in [5.74, 6) is 0. The molecule has 0 aliphatic heterocycles. The van der Waals surface area contributed by atoms with Crippen molar-refractivity contribution in [2.75, 3.05) is 0 Å². The number of halogens is 1. The Kier molecular flexibility index (Phi) is 27.5. The molecule has 0 saturated heterocycles. The summed E-state index contributed by atoms with van der Waals surface area (Å²) in [4.78, 5) is 4.48. The second-order valence-corrected chi connectivity index (χ2v) is 10.8. The quantitative estimate of drug-likeness (QED) is 0.253. The molecule has 242 valence electrons. The van der Waals surface area contributed by atoms with Crippen molar-refractivity contribution >= 4 is 17.0 Å². The Morgan fingerprint density at radius 3 is 1.53 bits per heavy atom. The third-order valence-electron chi connectivity index (χ3n) is 6.01. The zero-order valence-electron chi connectivity index (χ0n) is 30.7. The molecule has 2 heteroatoms. The summed E-state index contributed by atoms with van der Waals surface area (Å²) in [7, 11) is 0. The Morgan fingerprint density at radius 2 is 1.21 bits per heavy atom. The van der Waals surface area contributed by atoms with Gasteiger partial charge in [-0.15, -0.1) is 0 Å². The van der Waals surface area contributed by atoms with Crippen LogP contribution in [0.15, 0.2) is 78.3 Å². The van der Waals surface area contributed by atoms with E-state index in [1.165, 1.54) is 36.0 Å². The van der Waals surface area contributed by atoms with Crippen molar-refractivity contribution in [3.8, 4) is 0 Å². The molecule has 0 aromatic heterocycles. The van der Waals surface area contributed by atoms with Crippen LogP contribution in [0.1, 0.15) is 136 Å². The minimum Gasteiger partial charge on any atom is -0.258 e. The number of benzene rings is 3. The van der Waals surface area contributed by atoms with Gasteiger partial charge in [0, 0.05) is 5.71 Å². The first kappa shape index (κ1) is 44.4. The molecule has 43 heavy (non-hydrogen) atoms. The highest BCUT2D eigenvalue weighted by atomic mass is 19.1. The molecule has 0 saturated carbocycles. The van der Waals surface area contributed by atoms with Crippen LogP contribution in [-0.4, -0.2) is 5.71 Å². The van der Waals surface area contributed by atoms with Gasteiger partial charge < -0.3 is 0 Å². The van der Waals surface area contributed by atoms with Crippen molar-refractivity contribution in [2.45, 2.75) is 135 Å². The predicted octanol–water partition coefficient (Wildman–Crippen LogP) is 14.1. The first-order valence-corrected chi connectivity index (χ1v) is 16.4. The topological polar surface area (TPSA) is 12.4 Å². The van der Waals surface area contributed by atoms with Gasteiger partial charge in [0.2, 0.25) is 0 Å². The highest BCUT2D eigenvalue weighted by Gasteiger charge is 2.20. The number of nitrogens with zero attached hydrogens (tertiary/aromatic N) is 1. The Morgan fingerprint density at radius 1 is 0.744 bits per heavy atom. The highest BCUT2D eigenvalue weighted by Crippen LogP contribution is 2.27. The van der Waals surface area contributed by atoms with Gasteiger partial charge in [-0.2, -0.15) is 0 Å². The zero-order chi connectivity index (χ0) is 34.0. The van der Waals surface area contributed by atoms with Crippen LogP contribution >= 0.6 is 0 Å². The van der Waals surface area contributed by atoms with E-state index in [2.05, 4.69) is 88.7 Å². The standard InChI is InChI=1S/C13H17N.C11H15F.C8H10.C5H12.2C2H6/c1-9(2)12-7-6-11(5)13(8-12)14-10(3)4;1-4-9-7-5-6-8-10(9)11(2,3)12;1-7-3-5-8(2)6-4-7;1-3-5-4-2;2*1-2/h6-8H,1H2,2-5H3;5-8H,4H2,1-3H3;3-6H,1-2H3;3-5H2,1-2H3;2*1-2H3. The molecule has 0 N–H and O–H groups in total. The Labute approximate surface area is 267 Å². The van der Waals surface area contributed by atoms with Crippen molar-refractivity contribution in [1.29, 1.82) is 0 Å². The average molecular weight is 592 g/mol. The second-order valence-electron chi connectivity index (χ2n) is 10.8. The van der Waals surface area contributed by atoms with Crippen LogP contribution in [0.2, 0.25) is 0 Å². The molecule has 0 atom stereocenters. The molecule has 0 radical (unpaired) electrons. The molecule has 3 aromatic rings. The van der Waals surface area contributed by atoms with E-state index in [0.29, 0.717) is 0 Å². The monoisotopic (exact) mass is 592 g/mol. The molecule has 0 aliphatic carbocycles. The van der Waals surface area contributed by atoms with Gasteiger partial charge in [-0.3, -0.25) is 4.99 Å². The first-order chi connectivity index (χ1) is 20.3. The van der Waals surface area contributed by atoms with E-state index < -0.39 is 5.67 Å². The second kappa shape index (κ2) is 26.6. The van der Waals surface area contributed by atoms with Crippen LogP contribution in [-0.2, 0) is 12.1 Å². The summed E-state index contributed by atoms with van der Waals surface area (Å²) in [5.41, 5.74) is 8.93. The van der Waals surface area contributed by atoms with Crippen LogP contribution in [0, 0.1) is 20.8 Å². The average Bonchev–Trinajstić information content (AvgIpc) is 2.98. The lowest BCUT2D eigenvalue weighted by Crippen LogP contribution is -2.11. The summed E-state index contributed by atoms with van der Waals surface area (Å²) in [5, 5.41) is 0. The molecular formula is C41H66FN. The minimum atomic E-state index is -1.22. The highest BCUT2D eigenvalue weighted by molar-refractivity contribution is 5.83. The Bertz CT molecular complexity index is 1100. The van der Waals surface area contributed by atoms with Gasteiger partial charge in [-0.25, -0.2) is 4.39 Å². The van der Waals surface area contributed by atoms with Gasteiger partial charge >= 0.3 is 0 Å². The number of rotatable bonds is 6. The summed E-state index contributed by atoms with van der Waals surface area (Å²) < 4.78 is 13.6. The maximum Gasteiger partial charge on any atom is 0.130 e. The lowest BCUT2D eigenvalue weighted by atomic mass is 9.93. The zero-order valence-corrected chi connectivity index (χ0v) is 30.7. The number of unbranched alkanes of at least 4 members (excludes halogenated alkanes) is 2. The van der Waals surface area contributed by atoms with Crippen molar-refractivity contribution in [3.05, 3.63) is 107 Å². The smallest absolute Gasteiger partial charge is 0.130 e. The molecule has 3 rings (SSSR count). The molecular weight excluding hydrogens is 525 g/mol. The molecule has 0 amide bonds. The fraction of sp³-hybridized carbons (Fsp3) is 0.488. The largest absolute Gasteiger partial charge is 0.258 e. The number of allylic oxidation sites excluding steroid dienone is 1. The maximum absolute atomic E-state index is 13.6. The van der Waals surface area contributed by atoms with Crippen molar-refractivity contribution in [2.24, 2.45) is 4.99 Å². The van der Waals surface area contributed by atoms with Gasteiger partial charge in [0.15, 0.2) is 0 Å². The number of alkyl halides is 1. The van der Waals surface area contributed by atoms with Crippen molar-refractivity contribution < 1.29 is 4.39 Å². The summed E-state index contributed by atoms with van der Waals surface area (Å²) >= 11 is 0. The van der Waals surface area contributed by atoms with Crippen LogP contribution < -0.4 is 0 Å². The third kappa shape index (κ3) is 22.2. The normalized spacial score (nSPS) is 9.40. The molecule has 0 heterocycles. The molecule has 0 fully saturated rings. The van der Waals surface area contributed by atoms with Crippen molar-refractivity contribution in [3.63, 3.8) is 0 Å². The number of hydrogen-bond donors (Lipinski definition) is 0. The van der Waals surface area contributed by atoms with Crippen molar-refractivity contribution in [1.82, 2.24) is 0 Å². The fourth-order valence-corrected chi connectivity index (χ4v) is 3.64. The first-order valence-electron chi connectivity index (χ1n) is 16.4. The fourth-order valence-electron chi connectivity index (χ4n) is 3.64. The molecule has 0 spiro atoms. The third-order valence-corrected chi connectivity index (χ3v) is 6.01. The SMILES string of the molecule is C=C(C)c1ccc(C)c(N=C(C)C)c1.CC.CC.CCCCC.CCc1ccccc1C(C)(C)F.Cc1ccc(C)cc1. The van der Waals surface area contributed by atoms with Crippen LogP contribution in [0.5, 0.6) is 0 Å². The Balaban J connectivity index is -0.000000501. The summed E-state index contributed by atoms with van der Waals surface area (Å²) in [6.45, 7) is 33.9. The summed E-state index contributed by atoms with van der Waals surface area (Å²) in [6.07, 6.45) is 4.97. The number of aryl methyl sites for hydroxylation is 4.